The minimum absolute atomic E-state index is 0.325. The summed E-state index contributed by atoms with van der Waals surface area (Å²) >= 11 is 6.15. The molecule has 6 heteroatoms. The summed E-state index contributed by atoms with van der Waals surface area (Å²) in [5, 5.41) is 4.74. The van der Waals surface area contributed by atoms with Gasteiger partial charge in [0.05, 0.1) is 27.1 Å². The van der Waals surface area contributed by atoms with Crippen molar-refractivity contribution in [1.29, 1.82) is 0 Å². The van der Waals surface area contributed by atoms with Crippen LogP contribution in [-0.2, 0) is 23.6 Å². The first kappa shape index (κ1) is 14.1. The fourth-order valence-electron chi connectivity index (χ4n) is 1.92. The van der Waals surface area contributed by atoms with Crippen LogP contribution in [0.4, 0.5) is 5.69 Å². The van der Waals surface area contributed by atoms with Crippen molar-refractivity contribution in [1.82, 2.24) is 9.78 Å². The van der Waals surface area contributed by atoms with Crippen LogP contribution in [0.25, 0.3) is 0 Å². The third-order valence-corrected chi connectivity index (χ3v) is 4.84. The highest BCUT2D eigenvalue weighted by Gasteiger charge is 2.16. The number of nitrogen functional groups attached to an aromatic ring is 1. The Hall–Kier alpha value is -1.33. The Morgan fingerprint density at radius 1 is 1.42 bits per heavy atom. The van der Waals surface area contributed by atoms with Crippen LogP contribution in [0.15, 0.2) is 23.1 Å². The summed E-state index contributed by atoms with van der Waals surface area (Å²) in [6.45, 7) is 3.81. The standard InChI is InChI=1S/C13H16ClN3OS/c1-8-4-5-12(11(15)6-8)19(18)7-10-9(2)16-17(3)13(10)14/h4-6H,7,15H2,1-3H3. The number of benzene rings is 1. The van der Waals surface area contributed by atoms with E-state index in [9.17, 15) is 4.21 Å². The Bertz CT molecular complexity index is 652. The highest BCUT2D eigenvalue weighted by molar-refractivity contribution is 7.84. The molecule has 4 nitrogen and oxygen atoms in total. The highest BCUT2D eigenvalue weighted by Crippen LogP contribution is 2.25. The lowest BCUT2D eigenvalue weighted by atomic mass is 10.2. The molecule has 1 aromatic carbocycles. The van der Waals surface area contributed by atoms with Gasteiger partial charge < -0.3 is 5.73 Å². The van der Waals surface area contributed by atoms with Gasteiger partial charge in [0.2, 0.25) is 0 Å². The fraction of sp³-hybridized carbons (Fsp3) is 0.308. The van der Waals surface area contributed by atoms with Gasteiger partial charge in [0, 0.05) is 18.3 Å². The summed E-state index contributed by atoms with van der Waals surface area (Å²) in [6, 6.07) is 5.53. The predicted octanol–water partition coefficient (Wildman–Crippen LogP) is 2.58. The third-order valence-electron chi connectivity index (χ3n) is 2.96. The van der Waals surface area contributed by atoms with Crippen molar-refractivity contribution in [3.63, 3.8) is 0 Å². The van der Waals surface area contributed by atoms with Crippen molar-refractivity contribution >= 4 is 28.1 Å². The highest BCUT2D eigenvalue weighted by atomic mass is 35.5. The van der Waals surface area contributed by atoms with Crippen LogP contribution in [-0.4, -0.2) is 14.0 Å². The first-order chi connectivity index (χ1) is 8.90. The number of nitrogens with two attached hydrogens (primary N) is 1. The van der Waals surface area contributed by atoms with Crippen LogP contribution >= 0.6 is 11.6 Å². The minimum Gasteiger partial charge on any atom is -0.398 e. The van der Waals surface area contributed by atoms with Gasteiger partial charge in [-0.15, -0.1) is 0 Å². The summed E-state index contributed by atoms with van der Waals surface area (Å²) in [7, 11) is 0.542. The molecule has 0 aliphatic rings. The fourth-order valence-corrected chi connectivity index (χ4v) is 3.55. The lowest BCUT2D eigenvalue weighted by molar-refractivity contribution is 0.682. The largest absolute Gasteiger partial charge is 0.398 e. The molecule has 0 aliphatic carbocycles. The minimum atomic E-state index is -1.22. The molecule has 1 aromatic heterocycles. The maximum absolute atomic E-state index is 12.4. The molecule has 1 heterocycles. The number of aryl methyl sites for hydroxylation is 3. The van der Waals surface area contributed by atoms with Crippen molar-refractivity contribution in [3.05, 3.63) is 40.2 Å². The lowest BCUT2D eigenvalue weighted by Gasteiger charge is -2.06. The zero-order valence-corrected chi connectivity index (χ0v) is 12.7. The normalized spacial score (nSPS) is 12.6. The molecule has 1 unspecified atom stereocenters. The van der Waals surface area contributed by atoms with E-state index in [1.807, 2.05) is 26.0 Å². The number of aromatic nitrogens is 2. The van der Waals surface area contributed by atoms with E-state index in [4.69, 9.17) is 17.3 Å². The molecule has 2 rings (SSSR count). The van der Waals surface area contributed by atoms with Gasteiger partial charge in [-0.25, -0.2) is 0 Å². The van der Waals surface area contributed by atoms with Crippen molar-refractivity contribution in [2.45, 2.75) is 24.5 Å². The number of hydrogen-bond donors (Lipinski definition) is 1. The average Bonchev–Trinajstić information content (AvgIpc) is 2.56. The molecule has 0 saturated heterocycles. The first-order valence-electron chi connectivity index (χ1n) is 5.82. The molecule has 0 saturated carbocycles. The van der Waals surface area contributed by atoms with Gasteiger partial charge in [0.25, 0.3) is 0 Å². The monoisotopic (exact) mass is 297 g/mol. The van der Waals surface area contributed by atoms with Crippen LogP contribution in [0.2, 0.25) is 5.15 Å². The van der Waals surface area contributed by atoms with E-state index in [2.05, 4.69) is 5.10 Å². The van der Waals surface area contributed by atoms with E-state index in [0.29, 0.717) is 21.5 Å². The Morgan fingerprint density at radius 2 is 2.11 bits per heavy atom. The van der Waals surface area contributed by atoms with E-state index in [1.54, 1.807) is 17.8 Å². The van der Waals surface area contributed by atoms with Crippen LogP contribution in [0, 0.1) is 13.8 Å². The van der Waals surface area contributed by atoms with E-state index in [0.717, 1.165) is 16.8 Å². The summed E-state index contributed by atoms with van der Waals surface area (Å²) in [6.07, 6.45) is 0. The summed E-state index contributed by atoms with van der Waals surface area (Å²) in [4.78, 5) is 0.643. The molecule has 0 bridgehead atoms. The van der Waals surface area contributed by atoms with Crippen LogP contribution in [0.3, 0.4) is 0 Å². The number of nitrogens with zero attached hydrogens (tertiary/aromatic N) is 2. The predicted molar refractivity (Wildman–Crippen MR) is 78.7 cm³/mol. The summed E-state index contributed by atoms with van der Waals surface area (Å²) in [5.41, 5.74) is 9.12. The van der Waals surface area contributed by atoms with Crippen molar-refractivity contribution in [2.24, 2.45) is 7.05 Å². The molecule has 0 spiro atoms. The SMILES string of the molecule is Cc1ccc(S(=O)Cc2c(C)nn(C)c2Cl)c(N)c1. The third kappa shape index (κ3) is 2.82. The van der Waals surface area contributed by atoms with Gasteiger partial charge >= 0.3 is 0 Å². The van der Waals surface area contributed by atoms with Gasteiger partial charge in [-0.1, -0.05) is 17.7 Å². The van der Waals surface area contributed by atoms with Crippen LogP contribution in [0.1, 0.15) is 16.8 Å². The Kier molecular flexibility index (Phi) is 3.96. The van der Waals surface area contributed by atoms with Gasteiger partial charge in [-0.2, -0.15) is 5.10 Å². The Balaban J connectivity index is 2.31. The first-order valence-corrected chi connectivity index (χ1v) is 7.52. The van der Waals surface area contributed by atoms with Crippen molar-refractivity contribution in [2.75, 3.05) is 5.73 Å². The zero-order chi connectivity index (χ0) is 14.2. The molecule has 1 atom stereocenters. The number of halogens is 1. The van der Waals surface area contributed by atoms with Gasteiger partial charge in [-0.3, -0.25) is 8.89 Å². The number of hydrogen-bond acceptors (Lipinski definition) is 3. The summed E-state index contributed by atoms with van der Waals surface area (Å²) < 4.78 is 14.0. The van der Waals surface area contributed by atoms with Gasteiger partial charge in [0.15, 0.2) is 0 Å². The smallest absolute Gasteiger partial charge is 0.131 e. The molecule has 19 heavy (non-hydrogen) atoms. The maximum atomic E-state index is 12.4. The molecule has 2 N–H and O–H groups in total. The van der Waals surface area contributed by atoms with E-state index < -0.39 is 10.8 Å². The average molecular weight is 298 g/mol. The van der Waals surface area contributed by atoms with Crippen molar-refractivity contribution in [3.8, 4) is 0 Å². The topological polar surface area (TPSA) is 60.9 Å². The summed E-state index contributed by atoms with van der Waals surface area (Å²) in [5.74, 6) is 0.325. The number of rotatable bonds is 3. The zero-order valence-electron chi connectivity index (χ0n) is 11.1. The molecule has 0 amide bonds. The van der Waals surface area contributed by atoms with E-state index in [-0.39, 0.29) is 0 Å². The van der Waals surface area contributed by atoms with Gasteiger partial charge in [0.1, 0.15) is 5.15 Å². The second kappa shape index (κ2) is 5.35. The van der Waals surface area contributed by atoms with E-state index in [1.165, 1.54) is 0 Å². The quantitative estimate of drug-likeness (QED) is 0.886. The van der Waals surface area contributed by atoms with Crippen LogP contribution < -0.4 is 5.73 Å². The lowest BCUT2D eigenvalue weighted by Crippen LogP contribution is -2.02. The number of anilines is 1. The molecule has 0 fully saturated rings. The Morgan fingerprint density at radius 3 is 2.63 bits per heavy atom. The molecular formula is C13H16ClN3OS. The Labute approximate surface area is 120 Å². The second-order valence-corrected chi connectivity index (χ2v) is 6.29. The van der Waals surface area contributed by atoms with Gasteiger partial charge in [-0.05, 0) is 31.5 Å². The molecule has 102 valence electrons. The van der Waals surface area contributed by atoms with Crippen molar-refractivity contribution < 1.29 is 4.21 Å². The molecule has 2 aromatic rings. The maximum Gasteiger partial charge on any atom is 0.131 e. The molecular weight excluding hydrogens is 282 g/mol. The second-order valence-electron chi connectivity index (χ2n) is 4.51. The molecule has 0 radical (unpaired) electrons. The van der Waals surface area contributed by atoms with Crippen LogP contribution in [0.5, 0.6) is 0 Å². The molecule has 0 aliphatic heterocycles. The van der Waals surface area contributed by atoms with E-state index >= 15 is 0 Å².